The van der Waals surface area contributed by atoms with Gasteiger partial charge in [0.25, 0.3) is 5.91 Å². The van der Waals surface area contributed by atoms with Gasteiger partial charge in [-0.3, -0.25) is 4.79 Å². The standard InChI is InChI=1S/C12H15ClN2O2/c1-8(10-4-5-17-7-10)15-12(16)9-2-3-11(13)14-6-9/h2-3,6,8,10H,4-5,7H2,1H3,(H,15,16). The molecule has 0 radical (unpaired) electrons. The summed E-state index contributed by atoms with van der Waals surface area (Å²) < 4.78 is 5.30. The lowest BCUT2D eigenvalue weighted by Crippen LogP contribution is -2.38. The number of halogens is 1. The van der Waals surface area contributed by atoms with Crippen LogP contribution in [0.2, 0.25) is 5.15 Å². The zero-order chi connectivity index (χ0) is 12.3. The number of hydrogen-bond donors (Lipinski definition) is 1. The molecule has 1 amide bonds. The number of carbonyl (C=O) groups is 1. The van der Waals surface area contributed by atoms with Crippen LogP contribution >= 0.6 is 11.6 Å². The van der Waals surface area contributed by atoms with Gasteiger partial charge >= 0.3 is 0 Å². The van der Waals surface area contributed by atoms with E-state index in [0.29, 0.717) is 16.6 Å². The van der Waals surface area contributed by atoms with Gasteiger partial charge in [-0.1, -0.05) is 11.6 Å². The fourth-order valence-electron chi connectivity index (χ4n) is 1.87. The summed E-state index contributed by atoms with van der Waals surface area (Å²) in [5, 5.41) is 3.34. The number of rotatable bonds is 3. The third-order valence-electron chi connectivity index (χ3n) is 3.02. The number of amides is 1. The SMILES string of the molecule is CC(NC(=O)c1ccc(Cl)nc1)C1CCOC1. The third kappa shape index (κ3) is 3.17. The third-order valence-corrected chi connectivity index (χ3v) is 3.24. The van der Waals surface area contributed by atoms with Crippen molar-refractivity contribution in [3.63, 3.8) is 0 Å². The van der Waals surface area contributed by atoms with Gasteiger partial charge in [0.2, 0.25) is 0 Å². The van der Waals surface area contributed by atoms with Crippen LogP contribution in [0.1, 0.15) is 23.7 Å². The summed E-state index contributed by atoms with van der Waals surface area (Å²) in [5.74, 6) is 0.285. The number of aromatic nitrogens is 1. The van der Waals surface area contributed by atoms with Crippen LogP contribution in [0.3, 0.4) is 0 Å². The number of ether oxygens (including phenoxy) is 1. The van der Waals surface area contributed by atoms with E-state index in [2.05, 4.69) is 10.3 Å². The number of pyridine rings is 1. The van der Waals surface area contributed by atoms with E-state index in [4.69, 9.17) is 16.3 Å². The monoisotopic (exact) mass is 254 g/mol. The second kappa shape index (κ2) is 5.47. The largest absolute Gasteiger partial charge is 0.381 e. The first-order chi connectivity index (χ1) is 8.16. The van der Waals surface area contributed by atoms with Crippen LogP contribution in [0, 0.1) is 5.92 Å². The molecule has 0 bridgehead atoms. The molecule has 1 aromatic rings. The fourth-order valence-corrected chi connectivity index (χ4v) is 1.98. The Balaban J connectivity index is 1.94. The van der Waals surface area contributed by atoms with Crippen molar-refractivity contribution in [1.29, 1.82) is 0 Å². The van der Waals surface area contributed by atoms with Crippen LogP contribution in [-0.2, 0) is 4.74 Å². The number of nitrogens with zero attached hydrogens (tertiary/aromatic N) is 1. The van der Waals surface area contributed by atoms with Crippen molar-refractivity contribution >= 4 is 17.5 Å². The van der Waals surface area contributed by atoms with Crippen molar-refractivity contribution in [1.82, 2.24) is 10.3 Å². The van der Waals surface area contributed by atoms with Gasteiger partial charge in [0.1, 0.15) is 5.15 Å². The Labute approximate surface area is 105 Å². The summed E-state index contributed by atoms with van der Waals surface area (Å²) in [6.07, 6.45) is 2.48. The Morgan fingerprint density at radius 3 is 3.06 bits per heavy atom. The Bertz CT molecular complexity index is 388. The molecule has 2 unspecified atom stereocenters. The molecule has 0 saturated carbocycles. The predicted octanol–water partition coefficient (Wildman–Crippen LogP) is 1.89. The molecule has 0 aliphatic carbocycles. The molecule has 5 heteroatoms. The molecule has 17 heavy (non-hydrogen) atoms. The van der Waals surface area contributed by atoms with E-state index in [0.717, 1.165) is 19.6 Å². The molecule has 1 aliphatic rings. The van der Waals surface area contributed by atoms with Crippen LogP contribution in [0.15, 0.2) is 18.3 Å². The van der Waals surface area contributed by atoms with Gasteiger partial charge in [-0.25, -0.2) is 4.98 Å². The quantitative estimate of drug-likeness (QED) is 0.838. The summed E-state index contributed by atoms with van der Waals surface area (Å²) in [7, 11) is 0. The van der Waals surface area contributed by atoms with Gasteiger partial charge in [-0.15, -0.1) is 0 Å². The zero-order valence-corrected chi connectivity index (χ0v) is 10.4. The Hall–Kier alpha value is -1.13. The Morgan fingerprint density at radius 2 is 2.47 bits per heavy atom. The highest BCUT2D eigenvalue weighted by atomic mass is 35.5. The summed E-state index contributed by atoms with van der Waals surface area (Å²) in [4.78, 5) is 15.8. The van der Waals surface area contributed by atoms with Gasteiger partial charge in [0.05, 0.1) is 12.2 Å². The van der Waals surface area contributed by atoms with Gasteiger partial charge in [-0.05, 0) is 25.5 Å². The van der Waals surface area contributed by atoms with Crippen molar-refractivity contribution in [2.24, 2.45) is 5.92 Å². The molecule has 1 saturated heterocycles. The van der Waals surface area contributed by atoms with Crippen molar-refractivity contribution < 1.29 is 9.53 Å². The minimum absolute atomic E-state index is 0.112. The zero-order valence-electron chi connectivity index (χ0n) is 9.65. The molecule has 1 aliphatic heterocycles. The molecular weight excluding hydrogens is 240 g/mol. The van der Waals surface area contributed by atoms with E-state index in [9.17, 15) is 4.79 Å². The van der Waals surface area contributed by atoms with E-state index in [-0.39, 0.29) is 11.9 Å². The lowest BCUT2D eigenvalue weighted by molar-refractivity contribution is 0.0922. The minimum atomic E-state index is -0.117. The second-order valence-corrected chi connectivity index (χ2v) is 4.64. The molecule has 2 atom stereocenters. The topological polar surface area (TPSA) is 51.2 Å². The molecule has 2 rings (SSSR count). The van der Waals surface area contributed by atoms with Crippen LogP contribution < -0.4 is 5.32 Å². The fraction of sp³-hybridized carbons (Fsp3) is 0.500. The average molecular weight is 255 g/mol. The van der Waals surface area contributed by atoms with E-state index in [1.807, 2.05) is 6.92 Å². The molecule has 4 nitrogen and oxygen atoms in total. The van der Waals surface area contributed by atoms with Crippen LogP contribution in [-0.4, -0.2) is 30.1 Å². The first-order valence-corrected chi connectivity index (χ1v) is 6.05. The smallest absolute Gasteiger partial charge is 0.253 e. The maximum absolute atomic E-state index is 11.9. The van der Waals surface area contributed by atoms with Gasteiger partial charge < -0.3 is 10.1 Å². The highest BCUT2D eigenvalue weighted by Gasteiger charge is 2.23. The molecular formula is C12H15ClN2O2. The van der Waals surface area contributed by atoms with Gasteiger partial charge in [0, 0.05) is 24.8 Å². The van der Waals surface area contributed by atoms with Crippen LogP contribution in [0.5, 0.6) is 0 Å². The summed E-state index contributed by atoms with van der Waals surface area (Å²) >= 11 is 5.67. The molecule has 92 valence electrons. The summed E-state index contributed by atoms with van der Waals surface area (Å²) in [5.41, 5.74) is 0.528. The summed E-state index contributed by atoms with van der Waals surface area (Å²) in [6.45, 7) is 3.51. The van der Waals surface area contributed by atoms with Crippen molar-refractivity contribution in [3.05, 3.63) is 29.0 Å². The molecule has 0 aromatic carbocycles. The second-order valence-electron chi connectivity index (χ2n) is 4.26. The molecule has 2 heterocycles. The van der Waals surface area contributed by atoms with Crippen LogP contribution in [0.4, 0.5) is 0 Å². The maximum Gasteiger partial charge on any atom is 0.253 e. The van der Waals surface area contributed by atoms with Crippen LogP contribution in [0.25, 0.3) is 0 Å². The maximum atomic E-state index is 11.9. The average Bonchev–Trinajstić information content (AvgIpc) is 2.83. The number of carbonyl (C=O) groups excluding carboxylic acids is 1. The Kier molecular flexibility index (Phi) is 3.97. The number of nitrogens with one attached hydrogen (secondary N) is 1. The lowest BCUT2D eigenvalue weighted by Gasteiger charge is -2.19. The lowest BCUT2D eigenvalue weighted by atomic mass is 10.0. The number of hydrogen-bond acceptors (Lipinski definition) is 3. The first-order valence-electron chi connectivity index (χ1n) is 5.67. The van der Waals surface area contributed by atoms with Gasteiger partial charge in [-0.2, -0.15) is 0 Å². The Morgan fingerprint density at radius 1 is 1.65 bits per heavy atom. The predicted molar refractivity (Wildman–Crippen MR) is 65.1 cm³/mol. The van der Waals surface area contributed by atoms with E-state index in [1.165, 1.54) is 6.20 Å². The van der Waals surface area contributed by atoms with Crippen molar-refractivity contribution in [2.75, 3.05) is 13.2 Å². The van der Waals surface area contributed by atoms with Crippen molar-refractivity contribution in [2.45, 2.75) is 19.4 Å². The highest BCUT2D eigenvalue weighted by Crippen LogP contribution is 2.16. The molecule has 0 spiro atoms. The highest BCUT2D eigenvalue weighted by molar-refractivity contribution is 6.29. The minimum Gasteiger partial charge on any atom is -0.381 e. The van der Waals surface area contributed by atoms with Gasteiger partial charge in [0.15, 0.2) is 0 Å². The molecule has 1 fully saturated rings. The van der Waals surface area contributed by atoms with E-state index >= 15 is 0 Å². The molecule has 1 aromatic heterocycles. The van der Waals surface area contributed by atoms with E-state index in [1.54, 1.807) is 12.1 Å². The molecule has 1 N–H and O–H groups in total. The summed E-state index contributed by atoms with van der Waals surface area (Å²) in [6, 6.07) is 3.39. The van der Waals surface area contributed by atoms with E-state index < -0.39 is 0 Å². The van der Waals surface area contributed by atoms with Crippen molar-refractivity contribution in [3.8, 4) is 0 Å². The normalized spacial score (nSPS) is 21.2. The first kappa shape index (κ1) is 12.3.